The molecular weight excluding hydrogens is 360 g/mol. The summed E-state index contributed by atoms with van der Waals surface area (Å²) in [6.45, 7) is 2.04. The number of nitrogens with one attached hydrogen (secondary N) is 1. The standard InChI is InChI=1S/C9H9NO2.C6H14N2O2.C5H11N/c1-7(12)10-9-4-2-8(6-11)3-5-9;7-4-2-1-3-5(8)6(9)10;6-5-3-1-2-4-5/h2-6H,1H3,(H,10,12);5H,1-4,7-8H2,(H,9,10);5H,1-4,6H2/t;5-;/m.0./s1. The maximum absolute atomic E-state index is 10.6. The fraction of sp³-hybridized carbons (Fsp3) is 0.550. The van der Waals surface area contributed by atoms with Crippen molar-refractivity contribution in [3.63, 3.8) is 0 Å². The molecular formula is C20H34N4O4. The van der Waals surface area contributed by atoms with Gasteiger partial charge in [-0.25, -0.2) is 0 Å². The van der Waals surface area contributed by atoms with Crippen LogP contribution in [0.25, 0.3) is 0 Å². The molecule has 0 saturated heterocycles. The number of anilines is 1. The zero-order valence-electron chi connectivity index (χ0n) is 16.6. The van der Waals surface area contributed by atoms with Crippen molar-refractivity contribution in [1.82, 2.24) is 0 Å². The summed E-state index contributed by atoms with van der Waals surface area (Å²) in [5, 5.41) is 10.9. The van der Waals surface area contributed by atoms with Crippen LogP contribution in [0.5, 0.6) is 0 Å². The van der Waals surface area contributed by atoms with Crippen LogP contribution < -0.4 is 22.5 Å². The maximum atomic E-state index is 10.6. The Morgan fingerprint density at radius 1 is 1.21 bits per heavy atom. The highest BCUT2D eigenvalue weighted by atomic mass is 16.4. The number of unbranched alkanes of at least 4 members (excludes halogenated alkanes) is 1. The summed E-state index contributed by atoms with van der Waals surface area (Å²) in [5.41, 5.74) is 17.3. The van der Waals surface area contributed by atoms with Crippen LogP contribution >= 0.6 is 0 Å². The van der Waals surface area contributed by atoms with Gasteiger partial charge in [0.05, 0.1) is 0 Å². The summed E-state index contributed by atoms with van der Waals surface area (Å²) in [5.74, 6) is -1.05. The predicted molar refractivity (Wildman–Crippen MR) is 111 cm³/mol. The molecule has 1 saturated carbocycles. The van der Waals surface area contributed by atoms with Gasteiger partial charge in [0.1, 0.15) is 12.3 Å². The number of carbonyl (C=O) groups excluding carboxylic acids is 2. The van der Waals surface area contributed by atoms with Crippen molar-refractivity contribution in [3.05, 3.63) is 29.8 Å². The van der Waals surface area contributed by atoms with E-state index >= 15 is 0 Å². The SMILES string of the molecule is CC(=O)Nc1ccc(C=O)cc1.NC1CCCC1.NCCCC[C@H](N)C(=O)O. The van der Waals surface area contributed by atoms with Crippen molar-refractivity contribution in [1.29, 1.82) is 0 Å². The van der Waals surface area contributed by atoms with Crippen LogP contribution in [-0.4, -0.2) is 41.9 Å². The molecule has 0 radical (unpaired) electrons. The van der Waals surface area contributed by atoms with E-state index in [4.69, 9.17) is 22.3 Å². The lowest BCUT2D eigenvalue weighted by Gasteiger charge is -2.03. The second-order valence-electron chi connectivity index (χ2n) is 6.69. The van der Waals surface area contributed by atoms with Crippen molar-refractivity contribution >= 4 is 23.9 Å². The van der Waals surface area contributed by atoms with Gasteiger partial charge in [-0.15, -0.1) is 0 Å². The molecule has 1 aromatic rings. The van der Waals surface area contributed by atoms with Gasteiger partial charge >= 0.3 is 5.97 Å². The molecule has 1 atom stereocenters. The van der Waals surface area contributed by atoms with Crippen LogP contribution in [0.4, 0.5) is 5.69 Å². The third-order valence-electron chi connectivity index (χ3n) is 4.05. The van der Waals surface area contributed by atoms with Gasteiger partial charge in [0, 0.05) is 24.2 Å². The molecule has 0 bridgehead atoms. The minimum absolute atomic E-state index is 0.117. The Hall–Kier alpha value is -2.29. The van der Waals surface area contributed by atoms with Crippen molar-refractivity contribution in [2.24, 2.45) is 17.2 Å². The number of amides is 1. The monoisotopic (exact) mass is 394 g/mol. The number of aldehydes is 1. The quantitative estimate of drug-likeness (QED) is 0.348. The van der Waals surface area contributed by atoms with Gasteiger partial charge in [0.2, 0.25) is 5.91 Å². The molecule has 158 valence electrons. The van der Waals surface area contributed by atoms with Gasteiger partial charge < -0.3 is 27.6 Å². The summed E-state index contributed by atoms with van der Waals surface area (Å²) in [6.07, 6.45) is 8.18. The minimum atomic E-state index is -0.933. The number of hydrogen-bond donors (Lipinski definition) is 5. The highest BCUT2D eigenvalue weighted by molar-refractivity contribution is 5.89. The van der Waals surface area contributed by atoms with Crippen molar-refractivity contribution < 1.29 is 19.5 Å². The first-order valence-corrected chi connectivity index (χ1v) is 9.57. The second kappa shape index (κ2) is 15.7. The number of benzene rings is 1. The number of carboxylic acid groups (broad SMARTS) is 1. The number of nitrogens with two attached hydrogens (primary N) is 3. The number of hydrogen-bond acceptors (Lipinski definition) is 6. The fourth-order valence-corrected chi connectivity index (χ4v) is 2.44. The highest BCUT2D eigenvalue weighted by Crippen LogP contribution is 2.14. The molecule has 0 aromatic heterocycles. The molecule has 8 N–H and O–H groups in total. The zero-order chi connectivity index (χ0) is 21.4. The normalized spacial score (nSPS) is 14.0. The van der Waals surface area contributed by atoms with Gasteiger partial charge in [-0.3, -0.25) is 14.4 Å². The van der Waals surface area contributed by atoms with Gasteiger partial charge in [0.15, 0.2) is 0 Å². The Balaban J connectivity index is 0.000000411. The molecule has 0 unspecified atom stereocenters. The van der Waals surface area contributed by atoms with E-state index in [-0.39, 0.29) is 5.91 Å². The first-order valence-electron chi connectivity index (χ1n) is 9.57. The highest BCUT2D eigenvalue weighted by Gasteiger charge is 2.09. The number of carboxylic acids is 1. The van der Waals surface area contributed by atoms with E-state index in [0.717, 1.165) is 19.1 Å². The molecule has 8 nitrogen and oxygen atoms in total. The lowest BCUT2D eigenvalue weighted by Crippen LogP contribution is -2.29. The van der Waals surface area contributed by atoms with Crippen molar-refractivity contribution in [2.45, 2.75) is 64.0 Å². The molecule has 0 aliphatic heterocycles. The van der Waals surface area contributed by atoms with E-state index in [2.05, 4.69) is 5.32 Å². The Bertz CT molecular complexity index is 572. The topological polar surface area (TPSA) is 162 Å². The van der Waals surface area contributed by atoms with Crippen molar-refractivity contribution in [2.75, 3.05) is 11.9 Å². The first kappa shape index (κ1) is 25.7. The molecule has 0 heterocycles. The molecule has 1 aliphatic carbocycles. The lowest BCUT2D eigenvalue weighted by atomic mass is 10.1. The van der Waals surface area contributed by atoms with Gasteiger partial charge in [-0.2, -0.15) is 0 Å². The summed E-state index contributed by atoms with van der Waals surface area (Å²) in [4.78, 5) is 31.0. The third-order valence-corrected chi connectivity index (χ3v) is 4.05. The smallest absolute Gasteiger partial charge is 0.320 e. The first-order chi connectivity index (χ1) is 13.3. The molecule has 0 spiro atoms. The van der Waals surface area contributed by atoms with Gasteiger partial charge in [-0.1, -0.05) is 19.3 Å². The summed E-state index contributed by atoms with van der Waals surface area (Å²) >= 11 is 0. The van der Waals surface area contributed by atoms with Crippen LogP contribution in [0.2, 0.25) is 0 Å². The molecule has 1 aliphatic rings. The molecule has 2 rings (SSSR count). The van der Waals surface area contributed by atoms with Crippen LogP contribution in [0.3, 0.4) is 0 Å². The van der Waals surface area contributed by atoms with Crippen LogP contribution in [0, 0.1) is 0 Å². The average Bonchev–Trinajstić information content (AvgIpc) is 3.14. The van der Waals surface area contributed by atoms with E-state index in [0.29, 0.717) is 30.3 Å². The summed E-state index contributed by atoms with van der Waals surface area (Å²) in [7, 11) is 0. The fourth-order valence-electron chi connectivity index (χ4n) is 2.44. The van der Waals surface area contributed by atoms with E-state index in [9.17, 15) is 14.4 Å². The number of carbonyl (C=O) groups is 3. The molecule has 28 heavy (non-hydrogen) atoms. The number of rotatable bonds is 7. The zero-order valence-corrected chi connectivity index (χ0v) is 16.6. The molecule has 8 heteroatoms. The largest absolute Gasteiger partial charge is 0.480 e. The van der Waals surface area contributed by atoms with Crippen molar-refractivity contribution in [3.8, 4) is 0 Å². The van der Waals surface area contributed by atoms with E-state index in [1.54, 1.807) is 24.3 Å². The average molecular weight is 395 g/mol. The lowest BCUT2D eigenvalue weighted by molar-refractivity contribution is -0.138. The maximum Gasteiger partial charge on any atom is 0.320 e. The van der Waals surface area contributed by atoms with Gasteiger partial charge in [0.25, 0.3) is 0 Å². The second-order valence-corrected chi connectivity index (χ2v) is 6.69. The summed E-state index contributed by atoms with van der Waals surface area (Å²) in [6, 6.07) is 6.50. The van der Waals surface area contributed by atoms with Crippen LogP contribution in [-0.2, 0) is 9.59 Å². The van der Waals surface area contributed by atoms with Crippen LogP contribution in [0.1, 0.15) is 62.2 Å². The Kier molecular flexibility index (Phi) is 14.5. The van der Waals surface area contributed by atoms with Crippen LogP contribution in [0.15, 0.2) is 24.3 Å². The molecule has 1 amide bonds. The Morgan fingerprint density at radius 3 is 2.14 bits per heavy atom. The predicted octanol–water partition coefficient (Wildman–Crippen LogP) is 1.87. The Morgan fingerprint density at radius 2 is 1.79 bits per heavy atom. The van der Waals surface area contributed by atoms with E-state index in [1.165, 1.54) is 32.6 Å². The third kappa shape index (κ3) is 13.9. The van der Waals surface area contributed by atoms with E-state index in [1.807, 2.05) is 0 Å². The summed E-state index contributed by atoms with van der Waals surface area (Å²) < 4.78 is 0. The molecule has 1 aromatic carbocycles. The Labute approximate surface area is 166 Å². The minimum Gasteiger partial charge on any atom is -0.480 e. The molecule has 1 fully saturated rings. The van der Waals surface area contributed by atoms with Gasteiger partial charge in [-0.05, 0) is 56.5 Å². The van der Waals surface area contributed by atoms with E-state index < -0.39 is 12.0 Å². The number of aliphatic carboxylic acids is 1.